The number of hydrogen-bond acceptors (Lipinski definition) is 3. The van der Waals surface area contributed by atoms with E-state index in [1.54, 1.807) is 0 Å². The number of nitrogens with one attached hydrogen (secondary N) is 1. The molecule has 3 aromatic rings. The lowest BCUT2D eigenvalue weighted by Gasteiger charge is -2.07. The van der Waals surface area contributed by atoms with Crippen molar-refractivity contribution in [1.82, 2.24) is 19.9 Å². The van der Waals surface area contributed by atoms with E-state index in [0.29, 0.717) is 6.54 Å². The Kier molecular flexibility index (Phi) is 3.67. The van der Waals surface area contributed by atoms with Gasteiger partial charge in [0.05, 0.1) is 6.54 Å². The zero-order valence-corrected chi connectivity index (χ0v) is 11.9. The number of aromatic nitrogens is 3. The zero-order chi connectivity index (χ0) is 13.9. The second kappa shape index (κ2) is 5.61. The van der Waals surface area contributed by atoms with Crippen molar-refractivity contribution in [3.8, 4) is 0 Å². The minimum absolute atomic E-state index is 0.674. The summed E-state index contributed by atoms with van der Waals surface area (Å²) in [7, 11) is 0. The van der Waals surface area contributed by atoms with E-state index in [1.807, 2.05) is 47.0 Å². The molecule has 4 nitrogen and oxygen atoms in total. The van der Waals surface area contributed by atoms with Crippen LogP contribution in [0.2, 0.25) is 5.02 Å². The molecule has 0 aliphatic carbocycles. The molecule has 0 spiro atoms. The fourth-order valence-corrected chi connectivity index (χ4v) is 2.40. The molecule has 0 amide bonds. The van der Waals surface area contributed by atoms with E-state index < -0.39 is 0 Å². The van der Waals surface area contributed by atoms with Crippen molar-refractivity contribution in [1.29, 1.82) is 0 Å². The Morgan fingerprint density at radius 1 is 1.15 bits per heavy atom. The van der Waals surface area contributed by atoms with Gasteiger partial charge in [-0.1, -0.05) is 23.7 Å². The van der Waals surface area contributed by atoms with Crippen LogP contribution in [0.3, 0.4) is 0 Å². The van der Waals surface area contributed by atoms with Gasteiger partial charge in [0.25, 0.3) is 0 Å². The number of rotatable bonds is 4. The van der Waals surface area contributed by atoms with Crippen molar-refractivity contribution in [2.75, 3.05) is 0 Å². The molecule has 0 radical (unpaired) electrons. The number of pyridine rings is 1. The van der Waals surface area contributed by atoms with Crippen molar-refractivity contribution in [3.05, 3.63) is 64.6 Å². The number of halogens is 1. The molecule has 0 atom stereocenters. The highest BCUT2D eigenvalue weighted by Crippen LogP contribution is 2.15. The lowest BCUT2D eigenvalue weighted by Crippen LogP contribution is -2.15. The van der Waals surface area contributed by atoms with Crippen LogP contribution in [0.4, 0.5) is 0 Å². The van der Waals surface area contributed by atoms with Crippen LogP contribution >= 0.6 is 11.6 Å². The van der Waals surface area contributed by atoms with Crippen molar-refractivity contribution in [2.24, 2.45) is 0 Å². The number of fused-ring (bicyclic) bond motifs is 1. The van der Waals surface area contributed by atoms with Crippen molar-refractivity contribution in [3.63, 3.8) is 0 Å². The first-order chi connectivity index (χ1) is 9.74. The first-order valence-corrected chi connectivity index (χ1v) is 6.86. The second-order valence-corrected chi connectivity index (χ2v) is 5.16. The maximum atomic E-state index is 5.96. The Morgan fingerprint density at radius 3 is 2.90 bits per heavy atom. The zero-order valence-electron chi connectivity index (χ0n) is 11.2. The molecule has 0 aliphatic rings. The Bertz CT molecular complexity index is 736. The molecule has 0 saturated carbocycles. The first kappa shape index (κ1) is 13.1. The summed E-state index contributed by atoms with van der Waals surface area (Å²) in [5.41, 5.74) is 3.30. The minimum Gasteiger partial charge on any atom is -0.306 e. The van der Waals surface area contributed by atoms with E-state index in [9.17, 15) is 0 Å². The molecule has 3 rings (SSSR count). The fourth-order valence-electron chi connectivity index (χ4n) is 2.18. The second-order valence-electron chi connectivity index (χ2n) is 4.72. The predicted molar refractivity (Wildman–Crippen MR) is 79.7 cm³/mol. The number of aryl methyl sites for hydroxylation is 1. The SMILES string of the molecule is Cc1cc(Cl)ccc1CNCc1nnc2ccccn12. The Labute approximate surface area is 122 Å². The maximum absolute atomic E-state index is 5.96. The first-order valence-electron chi connectivity index (χ1n) is 6.48. The third kappa shape index (κ3) is 2.66. The van der Waals surface area contributed by atoms with E-state index in [-0.39, 0.29) is 0 Å². The molecule has 102 valence electrons. The lowest BCUT2D eigenvalue weighted by molar-refractivity contribution is 0.655. The Balaban J connectivity index is 1.68. The van der Waals surface area contributed by atoms with Gasteiger partial charge >= 0.3 is 0 Å². The van der Waals surface area contributed by atoms with Gasteiger partial charge in [-0.15, -0.1) is 10.2 Å². The normalized spacial score (nSPS) is 11.1. The third-order valence-corrected chi connectivity index (χ3v) is 3.52. The van der Waals surface area contributed by atoms with Crippen LogP contribution in [0.5, 0.6) is 0 Å². The highest BCUT2D eigenvalue weighted by Gasteiger charge is 2.04. The number of benzene rings is 1. The van der Waals surface area contributed by atoms with Crippen molar-refractivity contribution >= 4 is 17.2 Å². The third-order valence-electron chi connectivity index (χ3n) is 3.29. The minimum atomic E-state index is 0.674. The molecular formula is C15H15ClN4. The highest BCUT2D eigenvalue weighted by atomic mass is 35.5. The standard InChI is InChI=1S/C15H15ClN4/c1-11-8-13(16)6-5-12(11)9-17-10-15-19-18-14-4-2-3-7-20(14)15/h2-8,17H,9-10H2,1H3. The van der Waals surface area contributed by atoms with Gasteiger partial charge in [0.15, 0.2) is 11.5 Å². The quantitative estimate of drug-likeness (QED) is 0.802. The molecular weight excluding hydrogens is 272 g/mol. The topological polar surface area (TPSA) is 42.2 Å². The van der Waals surface area contributed by atoms with E-state index in [1.165, 1.54) is 11.1 Å². The molecule has 0 bridgehead atoms. The fraction of sp³-hybridized carbons (Fsp3) is 0.200. The van der Waals surface area contributed by atoms with Crippen molar-refractivity contribution in [2.45, 2.75) is 20.0 Å². The van der Waals surface area contributed by atoms with Gasteiger partial charge in [-0.05, 0) is 42.3 Å². The van der Waals surface area contributed by atoms with Crippen LogP contribution in [0.15, 0.2) is 42.6 Å². The van der Waals surface area contributed by atoms with Gasteiger partial charge in [-0.25, -0.2) is 0 Å². The monoisotopic (exact) mass is 286 g/mol. The summed E-state index contributed by atoms with van der Waals surface area (Å²) >= 11 is 5.96. The molecule has 20 heavy (non-hydrogen) atoms. The van der Waals surface area contributed by atoms with E-state index in [0.717, 1.165) is 23.0 Å². The maximum Gasteiger partial charge on any atom is 0.160 e. The van der Waals surface area contributed by atoms with Gasteiger partial charge in [-0.3, -0.25) is 4.40 Å². The van der Waals surface area contributed by atoms with Crippen LogP contribution < -0.4 is 5.32 Å². The summed E-state index contributed by atoms with van der Waals surface area (Å²) in [4.78, 5) is 0. The summed E-state index contributed by atoms with van der Waals surface area (Å²) < 4.78 is 1.99. The molecule has 2 aromatic heterocycles. The van der Waals surface area contributed by atoms with E-state index in [2.05, 4.69) is 22.4 Å². The number of hydrogen-bond donors (Lipinski definition) is 1. The van der Waals surface area contributed by atoms with Crippen LogP contribution in [0.1, 0.15) is 17.0 Å². The van der Waals surface area contributed by atoms with Crippen LogP contribution in [-0.2, 0) is 13.1 Å². The van der Waals surface area contributed by atoms with Gasteiger partial charge in [0, 0.05) is 17.8 Å². The van der Waals surface area contributed by atoms with Crippen LogP contribution in [-0.4, -0.2) is 14.6 Å². The lowest BCUT2D eigenvalue weighted by atomic mass is 10.1. The van der Waals surface area contributed by atoms with Crippen LogP contribution in [0.25, 0.3) is 5.65 Å². The summed E-state index contributed by atoms with van der Waals surface area (Å²) in [6.07, 6.45) is 1.97. The molecule has 0 fully saturated rings. The van der Waals surface area contributed by atoms with E-state index in [4.69, 9.17) is 11.6 Å². The summed E-state index contributed by atoms with van der Waals surface area (Å²) in [5.74, 6) is 0.909. The largest absolute Gasteiger partial charge is 0.306 e. The van der Waals surface area contributed by atoms with Gasteiger partial charge in [0.1, 0.15) is 0 Å². The highest BCUT2D eigenvalue weighted by molar-refractivity contribution is 6.30. The van der Waals surface area contributed by atoms with Gasteiger partial charge < -0.3 is 5.32 Å². The molecule has 0 saturated heterocycles. The Morgan fingerprint density at radius 2 is 2.05 bits per heavy atom. The summed E-state index contributed by atoms with van der Waals surface area (Å²) in [6.45, 7) is 3.52. The smallest absolute Gasteiger partial charge is 0.160 e. The molecule has 0 unspecified atom stereocenters. The van der Waals surface area contributed by atoms with E-state index >= 15 is 0 Å². The summed E-state index contributed by atoms with van der Waals surface area (Å²) in [5, 5.41) is 12.5. The molecule has 1 N–H and O–H groups in total. The number of nitrogens with zero attached hydrogens (tertiary/aromatic N) is 3. The molecule has 5 heteroatoms. The molecule has 2 heterocycles. The average Bonchev–Trinajstić information content (AvgIpc) is 2.85. The average molecular weight is 287 g/mol. The van der Waals surface area contributed by atoms with Gasteiger partial charge in [0.2, 0.25) is 0 Å². The molecule has 0 aliphatic heterocycles. The van der Waals surface area contributed by atoms with Gasteiger partial charge in [-0.2, -0.15) is 0 Å². The predicted octanol–water partition coefficient (Wildman–Crippen LogP) is 2.98. The van der Waals surface area contributed by atoms with Crippen molar-refractivity contribution < 1.29 is 0 Å². The summed E-state index contributed by atoms with van der Waals surface area (Å²) in [6, 6.07) is 11.8. The Hall–Kier alpha value is -1.91. The van der Waals surface area contributed by atoms with Crippen LogP contribution in [0, 0.1) is 6.92 Å². The molecule has 1 aromatic carbocycles.